The first kappa shape index (κ1) is 19.7. The lowest BCUT2D eigenvalue weighted by Crippen LogP contribution is -2.55. The molecule has 1 aliphatic heterocycles. The van der Waals surface area contributed by atoms with E-state index in [0.29, 0.717) is 25.1 Å². The van der Waals surface area contributed by atoms with E-state index in [1.807, 2.05) is 36.7 Å². The number of carbonyl (C=O) groups excluding carboxylic acids is 2. The molecule has 2 atom stereocenters. The molecule has 6 heteroatoms. The standard InChI is InChI=1S/C23H30N4O2/c1-3-27-17(2)19(14-25-27)22(29)24-16-23-12-7-10-20(23)26(21(28)11-13-23)15-18-8-5-4-6-9-18/h4-6,8-9,14,20H,3,7,10-13,15-16H2,1-2H3,(H,24,29)/t20-,23+/m1/s1. The summed E-state index contributed by atoms with van der Waals surface area (Å²) in [6.07, 6.45) is 6.25. The lowest BCUT2D eigenvalue weighted by atomic mass is 9.74. The minimum Gasteiger partial charge on any atom is -0.351 e. The molecular formula is C23H30N4O2. The first-order valence-corrected chi connectivity index (χ1v) is 10.7. The van der Waals surface area contributed by atoms with E-state index in [9.17, 15) is 9.59 Å². The average Bonchev–Trinajstić information content (AvgIpc) is 3.33. The average molecular weight is 395 g/mol. The SMILES string of the molecule is CCn1ncc(C(=O)NC[C@@]23CCC[C@H]2N(Cc2ccccc2)C(=O)CC3)c1C. The smallest absolute Gasteiger partial charge is 0.254 e. The van der Waals surface area contributed by atoms with Crippen LogP contribution in [0.25, 0.3) is 0 Å². The number of hydrogen-bond donors (Lipinski definition) is 1. The van der Waals surface area contributed by atoms with Crippen molar-refractivity contribution >= 4 is 11.8 Å². The number of nitrogens with one attached hydrogen (secondary N) is 1. The third-order valence-electron chi connectivity index (χ3n) is 6.84. The second-order valence-corrected chi connectivity index (χ2v) is 8.42. The van der Waals surface area contributed by atoms with Crippen molar-refractivity contribution in [1.29, 1.82) is 0 Å². The predicted molar refractivity (Wildman–Crippen MR) is 111 cm³/mol. The van der Waals surface area contributed by atoms with Gasteiger partial charge in [0, 0.05) is 43.2 Å². The fraction of sp³-hybridized carbons (Fsp3) is 0.522. The minimum absolute atomic E-state index is 0.0208. The zero-order chi connectivity index (χ0) is 20.4. The van der Waals surface area contributed by atoms with E-state index in [1.165, 1.54) is 0 Å². The van der Waals surface area contributed by atoms with Crippen LogP contribution in [0.2, 0.25) is 0 Å². The van der Waals surface area contributed by atoms with Crippen molar-refractivity contribution in [2.45, 2.75) is 65.1 Å². The summed E-state index contributed by atoms with van der Waals surface area (Å²) in [5.41, 5.74) is 2.68. The van der Waals surface area contributed by atoms with Crippen molar-refractivity contribution in [2.75, 3.05) is 6.54 Å². The number of piperidine rings is 1. The summed E-state index contributed by atoms with van der Waals surface area (Å²) >= 11 is 0. The van der Waals surface area contributed by atoms with Crippen LogP contribution in [0.15, 0.2) is 36.5 Å². The molecule has 1 N–H and O–H groups in total. The first-order chi connectivity index (χ1) is 14.0. The summed E-state index contributed by atoms with van der Waals surface area (Å²) in [7, 11) is 0. The summed E-state index contributed by atoms with van der Waals surface area (Å²) in [6.45, 7) is 5.98. The highest BCUT2D eigenvalue weighted by Gasteiger charge is 2.50. The molecule has 1 saturated heterocycles. The van der Waals surface area contributed by atoms with E-state index < -0.39 is 0 Å². The van der Waals surface area contributed by atoms with Crippen LogP contribution in [0.3, 0.4) is 0 Å². The quantitative estimate of drug-likeness (QED) is 0.817. The van der Waals surface area contributed by atoms with Crippen molar-refractivity contribution in [1.82, 2.24) is 20.0 Å². The van der Waals surface area contributed by atoms with Gasteiger partial charge >= 0.3 is 0 Å². The molecule has 2 aromatic rings. The molecule has 2 aliphatic rings. The highest BCUT2D eigenvalue weighted by atomic mass is 16.2. The third-order valence-corrected chi connectivity index (χ3v) is 6.84. The van der Waals surface area contributed by atoms with Crippen LogP contribution < -0.4 is 5.32 Å². The molecule has 2 amide bonds. The molecule has 0 spiro atoms. The van der Waals surface area contributed by atoms with Gasteiger partial charge < -0.3 is 10.2 Å². The minimum atomic E-state index is -0.0614. The predicted octanol–water partition coefficient (Wildman–Crippen LogP) is 3.30. The Bertz CT molecular complexity index is 892. The van der Waals surface area contributed by atoms with Gasteiger partial charge in [0.2, 0.25) is 5.91 Å². The Labute approximate surface area is 172 Å². The zero-order valence-electron chi connectivity index (χ0n) is 17.4. The number of benzene rings is 1. The largest absolute Gasteiger partial charge is 0.351 e. The summed E-state index contributed by atoms with van der Waals surface area (Å²) < 4.78 is 1.84. The molecular weight excluding hydrogens is 364 g/mol. The fourth-order valence-corrected chi connectivity index (χ4v) is 5.18. The maximum absolute atomic E-state index is 12.8. The maximum atomic E-state index is 12.8. The number of aromatic nitrogens is 2. The zero-order valence-corrected chi connectivity index (χ0v) is 17.4. The second kappa shape index (κ2) is 8.01. The number of carbonyl (C=O) groups is 2. The molecule has 4 rings (SSSR count). The lowest BCUT2D eigenvalue weighted by molar-refractivity contribution is -0.142. The van der Waals surface area contributed by atoms with Gasteiger partial charge in [0.25, 0.3) is 5.91 Å². The first-order valence-electron chi connectivity index (χ1n) is 10.7. The molecule has 6 nitrogen and oxygen atoms in total. The third kappa shape index (κ3) is 3.68. The Morgan fingerprint density at radius 2 is 2.07 bits per heavy atom. The highest BCUT2D eigenvalue weighted by molar-refractivity contribution is 5.95. The lowest BCUT2D eigenvalue weighted by Gasteiger charge is -2.46. The Kier molecular flexibility index (Phi) is 5.43. The highest BCUT2D eigenvalue weighted by Crippen LogP contribution is 2.48. The van der Waals surface area contributed by atoms with Gasteiger partial charge in [-0.3, -0.25) is 14.3 Å². The number of amides is 2. The number of nitrogens with zero attached hydrogens (tertiary/aromatic N) is 3. The molecule has 1 saturated carbocycles. The number of hydrogen-bond acceptors (Lipinski definition) is 3. The maximum Gasteiger partial charge on any atom is 0.254 e. The van der Waals surface area contributed by atoms with Crippen molar-refractivity contribution < 1.29 is 9.59 Å². The van der Waals surface area contributed by atoms with Crippen LogP contribution in [0, 0.1) is 12.3 Å². The topological polar surface area (TPSA) is 67.2 Å². The van der Waals surface area contributed by atoms with E-state index in [2.05, 4.69) is 27.4 Å². The van der Waals surface area contributed by atoms with Gasteiger partial charge in [-0.05, 0) is 38.7 Å². The van der Waals surface area contributed by atoms with Gasteiger partial charge in [-0.1, -0.05) is 36.8 Å². The molecule has 1 aromatic heterocycles. The molecule has 0 bridgehead atoms. The van der Waals surface area contributed by atoms with Crippen LogP contribution in [0.4, 0.5) is 0 Å². The van der Waals surface area contributed by atoms with Crippen LogP contribution in [-0.4, -0.2) is 39.1 Å². The van der Waals surface area contributed by atoms with Crippen molar-refractivity contribution in [3.63, 3.8) is 0 Å². The van der Waals surface area contributed by atoms with Crippen molar-refractivity contribution in [3.8, 4) is 0 Å². The van der Waals surface area contributed by atoms with Gasteiger partial charge in [0.05, 0.1) is 11.8 Å². The summed E-state index contributed by atoms with van der Waals surface area (Å²) in [6, 6.07) is 10.4. The second-order valence-electron chi connectivity index (χ2n) is 8.42. The number of rotatable bonds is 6. The van der Waals surface area contributed by atoms with E-state index in [1.54, 1.807) is 6.20 Å². The fourth-order valence-electron chi connectivity index (χ4n) is 5.18. The van der Waals surface area contributed by atoms with E-state index >= 15 is 0 Å². The van der Waals surface area contributed by atoms with E-state index in [-0.39, 0.29) is 23.3 Å². The molecule has 0 radical (unpaired) electrons. The summed E-state index contributed by atoms with van der Waals surface area (Å²) in [5, 5.41) is 7.46. The van der Waals surface area contributed by atoms with Crippen LogP contribution in [0.1, 0.15) is 60.6 Å². The van der Waals surface area contributed by atoms with E-state index in [0.717, 1.165) is 43.5 Å². The van der Waals surface area contributed by atoms with Crippen molar-refractivity contribution in [3.05, 3.63) is 53.3 Å². The van der Waals surface area contributed by atoms with Gasteiger partial charge in [0.1, 0.15) is 0 Å². The van der Waals surface area contributed by atoms with Gasteiger partial charge in [0.15, 0.2) is 0 Å². The molecule has 1 aromatic carbocycles. The number of fused-ring (bicyclic) bond motifs is 1. The molecule has 2 fully saturated rings. The Morgan fingerprint density at radius 3 is 2.79 bits per heavy atom. The van der Waals surface area contributed by atoms with E-state index in [4.69, 9.17) is 0 Å². The Morgan fingerprint density at radius 1 is 1.28 bits per heavy atom. The number of aryl methyl sites for hydroxylation is 1. The molecule has 1 aliphatic carbocycles. The normalized spacial score (nSPS) is 23.9. The van der Waals surface area contributed by atoms with Gasteiger partial charge in [-0.15, -0.1) is 0 Å². The summed E-state index contributed by atoms with van der Waals surface area (Å²) in [5.74, 6) is 0.177. The monoisotopic (exact) mass is 394 g/mol. The molecule has 2 heterocycles. The molecule has 0 unspecified atom stereocenters. The van der Waals surface area contributed by atoms with Crippen LogP contribution in [-0.2, 0) is 17.9 Å². The van der Waals surface area contributed by atoms with Crippen LogP contribution >= 0.6 is 0 Å². The Hall–Kier alpha value is -2.63. The molecule has 29 heavy (non-hydrogen) atoms. The summed E-state index contributed by atoms with van der Waals surface area (Å²) in [4.78, 5) is 27.6. The number of likely N-dealkylation sites (tertiary alicyclic amines) is 1. The van der Waals surface area contributed by atoms with Crippen molar-refractivity contribution in [2.24, 2.45) is 5.41 Å². The molecule has 154 valence electrons. The van der Waals surface area contributed by atoms with Crippen LogP contribution in [0.5, 0.6) is 0 Å². The van der Waals surface area contributed by atoms with Gasteiger partial charge in [-0.25, -0.2) is 0 Å². The van der Waals surface area contributed by atoms with Gasteiger partial charge in [-0.2, -0.15) is 5.10 Å². The Balaban J connectivity index is 1.49.